The number of rotatable bonds is 5. The normalized spacial score (nSPS) is 17.7. The first-order chi connectivity index (χ1) is 10.0. The van der Waals surface area contributed by atoms with Gasteiger partial charge in [0.05, 0.1) is 7.11 Å². The Balaban J connectivity index is 1.98. The number of ether oxygens (including phenoxy) is 1. The average molecular weight is 290 g/mol. The van der Waals surface area contributed by atoms with E-state index in [0.717, 1.165) is 25.4 Å². The van der Waals surface area contributed by atoms with E-state index >= 15 is 0 Å². The highest BCUT2D eigenvalue weighted by molar-refractivity contribution is 5.39. The predicted octanol–water partition coefficient (Wildman–Crippen LogP) is 3.34. The minimum absolute atomic E-state index is 0.503. The lowest BCUT2D eigenvalue weighted by molar-refractivity contribution is 0.104. The zero-order valence-corrected chi connectivity index (χ0v) is 14.2. The quantitative estimate of drug-likeness (QED) is 0.827. The average Bonchev–Trinajstić information content (AvgIpc) is 2.47. The number of nitrogens with zero attached hydrogens (tertiary/aromatic N) is 2. The van der Waals surface area contributed by atoms with Gasteiger partial charge in [-0.05, 0) is 37.0 Å². The molecule has 1 aliphatic heterocycles. The number of methoxy groups -OCH3 is 1. The number of piperazine rings is 1. The highest BCUT2D eigenvalue weighted by Gasteiger charge is 2.19. The van der Waals surface area contributed by atoms with Crippen LogP contribution in [0.1, 0.15) is 44.7 Å². The van der Waals surface area contributed by atoms with Crippen molar-refractivity contribution in [2.75, 3.05) is 33.3 Å². The molecule has 1 aliphatic rings. The van der Waals surface area contributed by atoms with Gasteiger partial charge in [0.25, 0.3) is 0 Å². The molecule has 1 heterocycles. The van der Waals surface area contributed by atoms with Crippen LogP contribution in [0.15, 0.2) is 18.2 Å². The number of benzene rings is 1. The summed E-state index contributed by atoms with van der Waals surface area (Å²) in [5, 5.41) is 0. The lowest BCUT2D eigenvalue weighted by Crippen LogP contribution is -2.48. The maximum Gasteiger partial charge on any atom is 0.122 e. The fourth-order valence-corrected chi connectivity index (χ4v) is 3.03. The molecule has 0 N–H and O–H groups in total. The Hall–Kier alpha value is -1.06. The highest BCUT2D eigenvalue weighted by Crippen LogP contribution is 2.27. The molecule has 2 rings (SSSR count). The molecule has 1 saturated heterocycles. The standard InChI is InChI=1S/C18H30N2O/c1-14(2)17-7-6-16(12-18(17)21-5)13-19-8-10-20(11-9-19)15(3)4/h6-7,12,14-15H,8-11,13H2,1-5H3. The molecule has 21 heavy (non-hydrogen) atoms. The van der Waals surface area contributed by atoms with E-state index in [1.54, 1.807) is 7.11 Å². The van der Waals surface area contributed by atoms with Crippen molar-refractivity contribution in [2.24, 2.45) is 0 Å². The first-order valence-electron chi connectivity index (χ1n) is 8.14. The van der Waals surface area contributed by atoms with E-state index in [1.807, 2.05) is 0 Å². The van der Waals surface area contributed by atoms with Crippen LogP contribution in [-0.4, -0.2) is 49.1 Å². The van der Waals surface area contributed by atoms with Gasteiger partial charge in [-0.3, -0.25) is 9.80 Å². The second-order valence-corrected chi connectivity index (χ2v) is 6.64. The van der Waals surface area contributed by atoms with Crippen molar-refractivity contribution in [3.8, 4) is 5.75 Å². The second kappa shape index (κ2) is 7.28. The monoisotopic (exact) mass is 290 g/mol. The maximum atomic E-state index is 5.56. The number of hydrogen-bond acceptors (Lipinski definition) is 3. The van der Waals surface area contributed by atoms with Gasteiger partial charge in [0.1, 0.15) is 5.75 Å². The SMILES string of the molecule is COc1cc(CN2CCN(C(C)C)CC2)ccc1C(C)C. The molecule has 0 aliphatic carbocycles. The Morgan fingerprint density at radius 2 is 1.71 bits per heavy atom. The fraction of sp³-hybridized carbons (Fsp3) is 0.667. The van der Waals surface area contributed by atoms with Gasteiger partial charge < -0.3 is 4.74 Å². The van der Waals surface area contributed by atoms with E-state index in [0.29, 0.717) is 12.0 Å². The van der Waals surface area contributed by atoms with E-state index in [2.05, 4.69) is 55.7 Å². The molecule has 1 aromatic carbocycles. The summed E-state index contributed by atoms with van der Waals surface area (Å²) < 4.78 is 5.56. The Kier molecular flexibility index (Phi) is 5.65. The van der Waals surface area contributed by atoms with Crippen molar-refractivity contribution in [3.05, 3.63) is 29.3 Å². The molecule has 118 valence electrons. The summed E-state index contributed by atoms with van der Waals surface area (Å²) in [6, 6.07) is 7.36. The first-order valence-corrected chi connectivity index (χ1v) is 8.14. The molecule has 1 aromatic rings. The Labute approximate surface area is 129 Å². The van der Waals surface area contributed by atoms with E-state index < -0.39 is 0 Å². The minimum atomic E-state index is 0.503. The Bertz CT molecular complexity index is 449. The van der Waals surface area contributed by atoms with Crippen LogP contribution in [0.25, 0.3) is 0 Å². The van der Waals surface area contributed by atoms with E-state index in [1.165, 1.54) is 24.2 Å². The molecule has 3 heteroatoms. The molecule has 0 saturated carbocycles. The summed E-state index contributed by atoms with van der Waals surface area (Å²) >= 11 is 0. The second-order valence-electron chi connectivity index (χ2n) is 6.64. The molecule has 0 atom stereocenters. The van der Waals surface area contributed by atoms with Crippen LogP contribution in [0.4, 0.5) is 0 Å². The highest BCUT2D eigenvalue weighted by atomic mass is 16.5. The van der Waals surface area contributed by atoms with Crippen molar-refractivity contribution < 1.29 is 4.74 Å². The first kappa shape index (κ1) is 16.3. The largest absolute Gasteiger partial charge is 0.496 e. The minimum Gasteiger partial charge on any atom is -0.496 e. The Morgan fingerprint density at radius 3 is 2.24 bits per heavy atom. The summed E-state index contributed by atoms with van der Waals surface area (Å²) in [6.07, 6.45) is 0. The zero-order chi connectivity index (χ0) is 15.4. The van der Waals surface area contributed by atoms with Gasteiger partial charge >= 0.3 is 0 Å². The van der Waals surface area contributed by atoms with Gasteiger partial charge in [-0.1, -0.05) is 26.0 Å². The van der Waals surface area contributed by atoms with Crippen LogP contribution in [0.5, 0.6) is 5.75 Å². The molecule has 0 radical (unpaired) electrons. The smallest absolute Gasteiger partial charge is 0.122 e. The van der Waals surface area contributed by atoms with Crippen LogP contribution >= 0.6 is 0 Å². The summed E-state index contributed by atoms with van der Waals surface area (Å²) in [5.41, 5.74) is 2.65. The van der Waals surface area contributed by atoms with Gasteiger partial charge in [-0.25, -0.2) is 0 Å². The topological polar surface area (TPSA) is 15.7 Å². The van der Waals surface area contributed by atoms with Crippen LogP contribution in [-0.2, 0) is 6.54 Å². The third-order valence-corrected chi connectivity index (χ3v) is 4.46. The predicted molar refractivity (Wildman–Crippen MR) is 89.1 cm³/mol. The van der Waals surface area contributed by atoms with Crippen molar-refractivity contribution >= 4 is 0 Å². The van der Waals surface area contributed by atoms with Crippen LogP contribution in [0.2, 0.25) is 0 Å². The van der Waals surface area contributed by atoms with Crippen molar-refractivity contribution in [3.63, 3.8) is 0 Å². The van der Waals surface area contributed by atoms with E-state index in [-0.39, 0.29) is 0 Å². The lowest BCUT2D eigenvalue weighted by atomic mass is 10.00. The molecule has 0 bridgehead atoms. The third-order valence-electron chi connectivity index (χ3n) is 4.46. The van der Waals surface area contributed by atoms with Crippen LogP contribution < -0.4 is 4.74 Å². The maximum absolute atomic E-state index is 5.56. The molecule has 0 aromatic heterocycles. The van der Waals surface area contributed by atoms with E-state index in [4.69, 9.17) is 4.74 Å². The van der Waals surface area contributed by atoms with E-state index in [9.17, 15) is 0 Å². The number of hydrogen-bond donors (Lipinski definition) is 0. The summed E-state index contributed by atoms with van der Waals surface area (Å²) in [4.78, 5) is 5.10. The molecule has 0 amide bonds. The van der Waals surface area contributed by atoms with Gasteiger partial charge in [0.15, 0.2) is 0 Å². The molecule has 1 fully saturated rings. The van der Waals surface area contributed by atoms with Gasteiger partial charge in [-0.2, -0.15) is 0 Å². The molecule has 0 unspecified atom stereocenters. The Morgan fingerprint density at radius 1 is 1.05 bits per heavy atom. The van der Waals surface area contributed by atoms with Crippen molar-refractivity contribution in [1.29, 1.82) is 0 Å². The molecule has 0 spiro atoms. The zero-order valence-electron chi connectivity index (χ0n) is 14.2. The summed E-state index contributed by atoms with van der Waals surface area (Å²) in [7, 11) is 1.77. The van der Waals surface area contributed by atoms with Crippen molar-refractivity contribution in [2.45, 2.75) is 46.2 Å². The van der Waals surface area contributed by atoms with Crippen molar-refractivity contribution in [1.82, 2.24) is 9.80 Å². The summed E-state index contributed by atoms with van der Waals surface area (Å²) in [6.45, 7) is 14.7. The lowest BCUT2D eigenvalue weighted by Gasteiger charge is -2.37. The van der Waals surface area contributed by atoms with Crippen LogP contribution in [0.3, 0.4) is 0 Å². The third kappa shape index (κ3) is 4.21. The van der Waals surface area contributed by atoms with Gasteiger partial charge in [0.2, 0.25) is 0 Å². The molecule has 3 nitrogen and oxygen atoms in total. The van der Waals surface area contributed by atoms with Gasteiger partial charge in [-0.15, -0.1) is 0 Å². The summed E-state index contributed by atoms with van der Waals surface area (Å²) in [5.74, 6) is 1.53. The van der Waals surface area contributed by atoms with Gasteiger partial charge in [0, 0.05) is 38.8 Å². The molecular weight excluding hydrogens is 260 g/mol. The fourth-order valence-electron chi connectivity index (χ4n) is 3.03. The van der Waals surface area contributed by atoms with Crippen LogP contribution in [0, 0.1) is 0 Å². The molecular formula is C18H30N2O.